The van der Waals surface area contributed by atoms with E-state index in [1.54, 1.807) is 30.7 Å². The zero-order valence-electron chi connectivity index (χ0n) is 15.0. The van der Waals surface area contributed by atoms with Gasteiger partial charge in [-0.1, -0.05) is 0 Å². The smallest absolute Gasteiger partial charge is 0.134 e. The van der Waals surface area contributed by atoms with Crippen LogP contribution in [0.5, 0.6) is 0 Å². The second-order valence-corrected chi connectivity index (χ2v) is 8.87. The SMILES string of the molecule is CC(C)Nc1nccc2cnc(Nc3cc(CS(C)(=N)=O)ccn3)cc12. The van der Waals surface area contributed by atoms with Crippen LogP contribution in [0, 0.1) is 4.78 Å². The topological polar surface area (TPSA) is 104 Å². The van der Waals surface area contributed by atoms with Gasteiger partial charge in [-0.05, 0) is 43.7 Å². The molecule has 0 fully saturated rings. The number of nitrogens with zero attached hydrogens (tertiary/aromatic N) is 3. The molecule has 3 rings (SSSR count). The summed E-state index contributed by atoms with van der Waals surface area (Å²) in [6.45, 7) is 4.13. The lowest BCUT2D eigenvalue weighted by atomic mass is 10.2. The van der Waals surface area contributed by atoms with E-state index < -0.39 is 9.73 Å². The maximum absolute atomic E-state index is 11.7. The first-order chi connectivity index (χ1) is 12.3. The van der Waals surface area contributed by atoms with Gasteiger partial charge in [0.2, 0.25) is 0 Å². The van der Waals surface area contributed by atoms with Gasteiger partial charge in [0, 0.05) is 51.4 Å². The molecule has 3 aromatic heterocycles. The maximum atomic E-state index is 11.7. The first-order valence-electron chi connectivity index (χ1n) is 8.25. The number of nitrogens with one attached hydrogen (secondary N) is 3. The van der Waals surface area contributed by atoms with Crippen LogP contribution in [0.4, 0.5) is 17.5 Å². The molecule has 1 unspecified atom stereocenters. The molecule has 7 nitrogen and oxygen atoms in total. The lowest BCUT2D eigenvalue weighted by Gasteiger charge is -2.13. The minimum Gasteiger partial charge on any atom is -0.367 e. The molecule has 0 aromatic carbocycles. The van der Waals surface area contributed by atoms with E-state index in [-0.39, 0.29) is 11.8 Å². The van der Waals surface area contributed by atoms with E-state index in [1.807, 2.05) is 12.1 Å². The Kier molecular flexibility index (Phi) is 5.03. The third kappa shape index (κ3) is 4.66. The Hall–Kier alpha value is -2.74. The summed E-state index contributed by atoms with van der Waals surface area (Å²) in [5.41, 5.74) is 0.801. The van der Waals surface area contributed by atoms with E-state index in [4.69, 9.17) is 4.78 Å². The highest BCUT2D eigenvalue weighted by atomic mass is 32.2. The van der Waals surface area contributed by atoms with Crippen molar-refractivity contribution in [3.8, 4) is 0 Å². The van der Waals surface area contributed by atoms with Gasteiger partial charge < -0.3 is 10.6 Å². The molecule has 0 aliphatic heterocycles. The minimum absolute atomic E-state index is 0.196. The average molecular weight is 370 g/mol. The van der Waals surface area contributed by atoms with Crippen molar-refractivity contribution in [2.24, 2.45) is 0 Å². The van der Waals surface area contributed by atoms with Crippen LogP contribution in [-0.2, 0) is 15.5 Å². The lowest BCUT2D eigenvalue weighted by molar-refractivity contribution is 0.678. The van der Waals surface area contributed by atoms with E-state index in [1.165, 1.54) is 6.26 Å². The molecule has 0 aliphatic carbocycles. The number of hydrogen-bond acceptors (Lipinski definition) is 7. The van der Waals surface area contributed by atoms with Crippen LogP contribution in [0.1, 0.15) is 19.4 Å². The molecule has 8 heteroatoms. The van der Waals surface area contributed by atoms with Gasteiger partial charge in [-0.2, -0.15) is 0 Å². The quantitative estimate of drug-likeness (QED) is 0.610. The normalized spacial score (nSPS) is 13.5. The summed E-state index contributed by atoms with van der Waals surface area (Å²) in [7, 11) is -2.60. The van der Waals surface area contributed by atoms with Gasteiger partial charge in [0.15, 0.2) is 0 Å². The molecule has 0 spiro atoms. The van der Waals surface area contributed by atoms with Gasteiger partial charge in [0.1, 0.15) is 17.5 Å². The molecular formula is C18H22N6OS. The molecule has 26 heavy (non-hydrogen) atoms. The number of aromatic nitrogens is 3. The van der Waals surface area contributed by atoms with Crippen molar-refractivity contribution in [2.75, 3.05) is 16.9 Å². The third-order valence-electron chi connectivity index (χ3n) is 3.60. The van der Waals surface area contributed by atoms with Crippen molar-refractivity contribution in [1.82, 2.24) is 15.0 Å². The highest BCUT2D eigenvalue weighted by Crippen LogP contribution is 2.25. The van der Waals surface area contributed by atoms with E-state index in [0.29, 0.717) is 11.6 Å². The third-order valence-corrected chi connectivity index (χ3v) is 4.48. The van der Waals surface area contributed by atoms with Crippen LogP contribution in [0.2, 0.25) is 0 Å². The molecule has 1 atom stereocenters. The van der Waals surface area contributed by atoms with Gasteiger partial charge in [0.05, 0.1) is 5.75 Å². The summed E-state index contributed by atoms with van der Waals surface area (Å²) in [6, 6.07) is 7.67. The number of fused-ring (bicyclic) bond motifs is 1. The lowest BCUT2D eigenvalue weighted by Crippen LogP contribution is -2.11. The van der Waals surface area contributed by atoms with Crippen molar-refractivity contribution >= 4 is 38.0 Å². The fourth-order valence-corrected chi connectivity index (χ4v) is 3.42. The van der Waals surface area contributed by atoms with E-state index in [0.717, 1.165) is 22.2 Å². The maximum Gasteiger partial charge on any atom is 0.134 e. The van der Waals surface area contributed by atoms with Crippen molar-refractivity contribution in [1.29, 1.82) is 4.78 Å². The Labute approximate surface area is 153 Å². The number of hydrogen-bond donors (Lipinski definition) is 3. The van der Waals surface area contributed by atoms with E-state index in [2.05, 4.69) is 39.4 Å². The molecular weight excluding hydrogens is 348 g/mol. The molecule has 0 radical (unpaired) electrons. The molecule has 0 aliphatic rings. The van der Waals surface area contributed by atoms with E-state index in [9.17, 15) is 4.21 Å². The highest BCUT2D eigenvalue weighted by Gasteiger charge is 2.08. The number of rotatable bonds is 6. The fraction of sp³-hybridized carbons (Fsp3) is 0.278. The van der Waals surface area contributed by atoms with E-state index >= 15 is 0 Å². The Morgan fingerprint density at radius 1 is 1.12 bits per heavy atom. The number of anilines is 3. The molecule has 3 N–H and O–H groups in total. The largest absolute Gasteiger partial charge is 0.367 e. The summed E-state index contributed by atoms with van der Waals surface area (Å²) in [6.07, 6.45) is 6.62. The summed E-state index contributed by atoms with van der Waals surface area (Å²) < 4.78 is 19.3. The fourth-order valence-electron chi connectivity index (χ4n) is 2.60. The monoisotopic (exact) mass is 370 g/mol. The zero-order chi connectivity index (χ0) is 18.7. The average Bonchev–Trinajstić information content (AvgIpc) is 2.54. The van der Waals surface area contributed by atoms with Gasteiger partial charge in [-0.15, -0.1) is 0 Å². The van der Waals surface area contributed by atoms with Crippen LogP contribution < -0.4 is 10.6 Å². The van der Waals surface area contributed by atoms with Gasteiger partial charge in [-0.25, -0.2) is 19.2 Å². The highest BCUT2D eigenvalue weighted by molar-refractivity contribution is 7.90. The van der Waals surface area contributed by atoms with Crippen molar-refractivity contribution in [2.45, 2.75) is 25.6 Å². The first kappa shape index (κ1) is 18.1. The molecule has 0 bridgehead atoms. The Bertz CT molecular complexity index is 1030. The summed E-state index contributed by atoms with van der Waals surface area (Å²) >= 11 is 0. The Morgan fingerprint density at radius 3 is 2.58 bits per heavy atom. The first-order valence-corrected chi connectivity index (χ1v) is 10.4. The Balaban J connectivity index is 1.90. The van der Waals surface area contributed by atoms with Crippen LogP contribution in [-0.4, -0.2) is 31.5 Å². The summed E-state index contributed by atoms with van der Waals surface area (Å²) in [4.78, 5) is 13.1. The molecule has 3 aromatic rings. The van der Waals surface area contributed by atoms with Gasteiger partial charge >= 0.3 is 0 Å². The second-order valence-electron chi connectivity index (χ2n) is 6.57. The molecule has 0 saturated heterocycles. The predicted octanol–water partition coefficient (Wildman–Crippen LogP) is 3.77. The van der Waals surface area contributed by atoms with Gasteiger partial charge in [-0.3, -0.25) is 4.78 Å². The zero-order valence-corrected chi connectivity index (χ0v) is 15.8. The molecule has 136 valence electrons. The summed E-state index contributed by atoms with van der Waals surface area (Å²) in [5.74, 6) is 2.25. The van der Waals surface area contributed by atoms with Crippen LogP contribution in [0.3, 0.4) is 0 Å². The van der Waals surface area contributed by atoms with Crippen molar-refractivity contribution < 1.29 is 4.21 Å². The number of pyridine rings is 3. The standard InChI is InChI=1S/C18H22N6OS/c1-12(2)23-18-15-9-17(22-10-14(15)5-7-21-18)24-16-8-13(4-6-20-16)11-26(3,19)25/h4-10,12,19H,11H2,1-3H3,(H,21,23)(H,20,22,24). The summed E-state index contributed by atoms with van der Waals surface area (Å²) in [5, 5.41) is 8.48. The molecule has 0 amide bonds. The van der Waals surface area contributed by atoms with Crippen molar-refractivity contribution in [3.63, 3.8) is 0 Å². The predicted molar refractivity (Wildman–Crippen MR) is 106 cm³/mol. The minimum atomic E-state index is -2.60. The van der Waals surface area contributed by atoms with Crippen LogP contribution >= 0.6 is 0 Å². The van der Waals surface area contributed by atoms with Crippen LogP contribution in [0.15, 0.2) is 42.9 Å². The van der Waals surface area contributed by atoms with Crippen LogP contribution in [0.25, 0.3) is 10.8 Å². The van der Waals surface area contributed by atoms with Crippen molar-refractivity contribution in [3.05, 3.63) is 48.4 Å². The molecule has 0 saturated carbocycles. The second kappa shape index (κ2) is 7.25. The van der Waals surface area contributed by atoms with Gasteiger partial charge in [0.25, 0.3) is 0 Å². The molecule has 3 heterocycles. The Morgan fingerprint density at radius 2 is 1.85 bits per heavy atom.